The molecule has 1 rings (SSSR count). The van der Waals surface area contributed by atoms with Crippen molar-refractivity contribution in [2.24, 2.45) is 5.41 Å². The molecule has 0 saturated carbocycles. The van der Waals surface area contributed by atoms with Gasteiger partial charge in [0.05, 0.1) is 11.5 Å². The van der Waals surface area contributed by atoms with Gasteiger partial charge in [-0.2, -0.15) is 18.0 Å². The molecule has 4 nitrogen and oxygen atoms in total. The Morgan fingerprint density at radius 2 is 2.09 bits per heavy atom. The lowest BCUT2D eigenvalue weighted by Gasteiger charge is -2.40. The van der Waals surface area contributed by atoms with Gasteiger partial charge in [0, 0.05) is 23.8 Å². The number of nitriles is 1. The summed E-state index contributed by atoms with van der Waals surface area (Å²) in [5.41, 5.74) is -0.540. The van der Waals surface area contributed by atoms with Crippen molar-refractivity contribution in [1.82, 2.24) is 4.31 Å². The highest BCUT2D eigenvalue weighted by atomic mass is 35.7. The molecule has 0 spiro atoms. The lowest BCUT2D eigenvalue weighted by molar-refractivity contribution is 0.153. The molecule has 0 bridgehead atoms. The topological polar surface area (TPSA) is 61.2 Å². The van der Waals surface area contributed by atoms with Crippen molar-refractivity contribution < 1.29 is 8.42 Å². The molecule has 11 heavy (non-hydrogen) atoms. The van der Waals surface area contributed by atoms with Crippen LogP contribution in [-0.2, 0) is 9.24 Å². The van der Waals surface area contributed by atoms with Gasteiger partial charge in [0.2, 0.25) is 0 Å². The Morgan fingerprint density at radius 1 is 1.64 bits per heavy atom. The summed E-state index contributed by atoms with van der Waals surface area (Å²) < 4.78 is 22.3. The Bertz CT molecular complexity index is 299. The third kappa shape index (κ3) is 1.64. The maximum atomic E-state index is 10.6. The maximum Gasteiger partial charge on any atom is 0.299 e. The molecule has 62 valence electrons. The van der Waals surface area contributed by atoms with Gasteiger partial charge in [-0.15, -0.1) is 0 Å². The standard InChI is InChI=1S/C5H7ClN2O2S/c1-5(2-7)3-8(4-5)11(6,9)10/h3-4H2,1H3. The van der Waals surface area contributed by atoms with Crippen LogP contribution in [0.2, 0.25) is 0 Å². The number of halogens is 1. The van der Waals surface area contributed by atoms with Gasteiger partial charge in [-0.25, -0.2) is 0 Å². The quantitative estimate of drug-likeness (QED) is 0.565. The van der Waals surface area contributed by atoms with Crippen LogP contribution in [0.4, 0.5) is 0 Å². The summed E-state index contributed by atoms with van der Waals surface area (Å²) in [6.45, 7) is 2.11. The maximum absolute atomic E-state index is 10.6. The summed E-state index contributed by atoms with van der Waals surface area (Å²) in [6.07, 6.45) is 0. The normalized spacial score (nSPS) is 23.7. The Labute approximate surface area is 69.9 Å². The van der Waals surface area contributed by atoms with Crippen LogP contribution < -0.4 is 0 Å². The van der Waals surface area contributed by atoms with E-state index in [4.69, 9.17) is 15.9 Å². The molecule has 1 saturated heterocycles. The second-order valence-corrected chi connectivity index (χ2v) is 5.39. The molecule has 6 heteroatoms. The third-order valence-electron chi connectivity index (χ3n) is 1.63. The minimum absolute atomic E-state index is 0.204. The highest BCUT2D eigenvalue weighted by Crippen LogP contribution is 2.31. The summed E-state index contributed by atoms with van der Waals surface area (Å²) in [5.74, 6) is 0. The molecule has 1 heterocycles. The zero-order valence-corrected chi connectivity index (χ0v) is 7.48. The first-order chi connectivity index (χ1) is 4.87. The molecule has 0 aromatic heterocycles. The van der Waals surface area contributed by atoms with Crippen molar-refractivity contribution >= 4 is 19.9 Å². The SMILES string of the molecule is CC1(C#N)CN(S(=O)(=O)Cl)C1. The fourth-order valence-corrected chi connectivity index (χ4v) is 2.13. The molecule has 1 aliphatic rings. The molecular weight excluding hydrogens is 188 g/mol. The molecule has 0 unspecified atom stereocenters. The molecule has 1 aliphatic heterocycles. The van der Waals surface area contributed by atoms with Gasteiger partial charge in [-0.1, -0.05) is 0 Å². The average molecular weight is 195 g/mol. The number of hydrogen-bond acceptors (Lipinski definition) is 3. The van der Waals surface area contributed by atoms with Gasteiger partial charge in [-0.3, -0.25) is 0 Å². The zero-order valence-electron chi connectivity index (χ0n) is 5.91. The van der Waals surface area contributed by atoms with Gasteiger partial charge in [0.25, 0.3) is 9.24 Å². The van der Waals surface area contributed by atoms with Gasteiger partial charge in [-0.05, 0) is 6.92 Å². The minimum Gasteiger partial charge on any atom is -0.198 e. The van der Waals surface area contributed by atoms with Crippen LogP contribution in [0.25, 0.3) is 0 Å². The largest absolute Gasteiger partial charge is 0.299 e. The Hall–Kier alpha value is -0.310. The Kier molecular flexibility index (Phi) is 1.87. The highest BCUT2D eigenvalue weighted by Gasteiger charge is 2.44. The van der Waals surface area contributed by atoms with Crippen molar-refractivity contribution in [1.29, 1.82) is 5.26 Å². The molecular formula is C5H7ClN2O2S. The second-order valence-electron chi connectivity index (χ2n) is 2.88. The smallest absolute Gasteiger partial charge is 0.198 e. The van der Waals surface area contributed by atoms with Crippen LogP contribution in [0.15, 0.2) is 0 Å². The van der Waals surface area contributed by atoms with Crippen molar-refractivity contribution in [2.45, 2.75) is 6.92 Å². The summed E-state index contributed by atoms with van der Waals surface area (Å²) >= 11 is 0. The zero-order chi connectivity index (χ0) is 8.70. The Morgan fingerprint density at radius 3 is 2.36 bits per heavy atom. The molecule has 0 amide bonds. The highest BCUT2D eigenvalue weighted by molar-refractivity contribution is 8.11. The van der Waals surface area contributed by atoms with E-state index in [9.17, 15) is 8.42 Å². The first-order valence-corrected chi connectivity index (χ1v) is 5.25. The predicted octanol–water partition coefficient (Wildman–Crippen LogP) is 0.315. The average Bonchev–Trinajstić information content (AvgIpc) is 1.78. The van der Waals surface area contributed by atoms with Gasteiger partial charge >= 0.3 is 0 Å². The second kappa shape index (κ2) is 2.34. The lowest BCUT2D eigenvalue weighted by atomic mass is 9.86. The van der Waals surface area contributed by atoms with E-state index in [1.54, 1.807) is 6.92 Å². The van der Waals surface area contributed by atoms with E-state index in [-0.39, 0.29) is 13.1 Å². The number of nitrogens with zero attached hydrogens (tertiary/aromatic N) is 2. The van der Waals surface area contributed by atoms with Crippen LogP contribution in [-0.4, -0.2) is 25.8 Å². The first-order valence-electron chi connectivity index (χ1n) is 2.98. The molecule has 1 fully saturated rings. The fraction of sp³-hybridized carbons (Fsp3) is 0.800. The van der Waals surface area contributed by atoms with Gasteiger partial charge in [0.15, 0.2) is 0 Å². The lowest BCUT2D eigenvalue weighted by Crippen LogP contribution is -2.54. The van der Waals surface area contributed by atoms with Crippen LogP contribution in [0, 0.1) is 16.7 Å². The molecule has 0 atom stereocenters. The summed E-state index contributed by atoms with van der Waals surface area (Å²) in [4.78, 5) is 0. The monoisotopic (exact) mass is 194 g/mol. The number of hydrogen-bond donors (Lipinski definition) is 0. The van der Waals surface area contributed by atoms with Gasteiger partial charge < -0.3 is 0 Å². The first kappa shape index (κ1) is 8.78. The van der Waals surface area contributed by atoms with Crippen molar-refractivity contribution in [2.75, 3.05) is 13.1 Å². The van der Waals surface area contributed by atoms with Crippen molar-refractivity contribution in [3.8, 4) is 6.07 Å². The minimum atomic E-state index is -3.59. The van der Waals surface area contributed by atoms with Crippen LogP contribution in [0.3, 0.4) is 0 Å². The molecule has 0 N–H and O–H groups in total. The molecule has 0 aromatic carbocycles. The number of rotatable bonds is 1. The summed E-state index contributed by atoms with van der Waals surface area (Å²) in [7, 11) is 1.42. The van der Waals surface area contributed by atoms with E-state index >= 15 is 0 Å². The van der Waals surface area contributed by atoms with Crippen LogP contribution in [0.1, 0.15) is 6.92 Å². The third-order valence-corrected chi connectivity index (χ3v) is 3.09. The molecule has 0 aliphatic carbocycles. The fourth-order valence-electron chi connectivity index (χ4n) is 0.957. The van der Waals surface area contributed by atoms with E-state index in [0.29, 0.717) is 0 Å². The van der Waals surface area contributed by atoms with E-state index in [1.807, 2.05) is 6.07 Å². The van der Waals surface area contributed by atoms with E-state index in [2.05, 4.69) is 0 Å². The summed E-state index contributed by atoms with van der Waals surface area (Å²) in [6, 6.07) is 2.02. The van der Waals surface area contributed by atoms with E-state index in [1.165, 1.54) is 0 Å². The van der Waals surface area contributed by atoms with Crippen LogP contribution >= 0.6 is 10.7 Å². The van der Waals surface area contributed by atoms with Gasteiger partial charge in [0.1, 0.15) is 0 Å². The van der Waals surface area contributed by atoms with E-state index in [0.717, 1.165) is 4.31 Å². The van der Waals surface area contributed by atoms with Crippen molar-refractivity contribution in [3.05, 3.63) is 0 Å². The van der Waals surface area contributed by atoms with E-state index < -0.39 is 14.7 Å². The summed E-state index contributed by atoms with van der Waals surface area (Å²) in [5, 5.41) is 8.51. The van der Waals surface area contributed by atoms with Crippen molar-refractivity contribution in [3.63, 3.8) is 0 Å². The Balaban J connectivity index is 2.63. The van der Waals surface area contributed by atoms with Crippen LogP contribution in [0.5, 0.6) is 0 Å². The predicted molar refractivity (Wildman–Crippen MR) is 40.1 cm³/mol. The molecule has 0 aromatic rings. The molecule has 0 radical (unpaired) electrons.